The van der Waals surface area contributed by atoms with Crippen LogP contribution in [0.2, 0.25) is 0 Å². The second-order valence-electron chi connectivity index (χ2n) is 5.30. The second-order valence-corrected chi connectivity index (χ2v) is 8.88. The fourth-order valence-corrected chi connectivity index (χ4v) is 3.72. The third kappa shape index (κ3) is 4.94. The number of hydrogen-bond acceptors (Lipinski definition) is 5. The zero-order valence-corrected chi connectivity index (χ0v) is 15.0. The molecule has 0 aliphatic carbocycles. The fraction of sp³-hybridized carbons (Fsp3) is 0.133. The summed E-state index contributed by atoms with van der Waals surface area (Å²) in [5.41, 5.74) is 0.867. The minimum Gasteiger partial charge on any atom is -0.478 e. The van der Waals surface area contributed by atoms with Crippen LogP contribution in [0.5, 0.6) is 0 Å². The zero-order valence-electron chi connectivity index (χ0n) is 13.4. The van der Waals surface area contributed by atoms with Crippen LogP contribution < -0.4 is 9.03 Å². The normalized spacial score (nSPS) is 11.8. The summed E-state index contributed by atoms with van der Waals surface area (Å²) < 4.78 is 50.1. The lowest BCUT2D eigenvalue weighted by Crippen LogP contribution is -2.24. The zero-order chi connectivity index (χ0) is 18.8. The maximum Gasteiger partial charge on any atom is 0.335 e. The van der Waals surface area contributed by atoms with Crippen molar-refractivity contribution in [1.29, 1.82) is 0 Å². The first-order chi connectivity index (χ1) is 11.5. The number of hydrogen-bond donors (Lipinski definition) is 2. The van der Waals surface area contributed by atoms with Gasteiger partial charge in [0.1, 0.15) is 0 Å². The number of nitrogens with one attached hydrogen (secondary N) is 1. The minimum absolute atomic E-state index is 0.0323. The summed E-state index contributed by atoms with van der Waals surface area (Å²) >= 11 is 0. The highest BCUT2D eigenvalue weighted by atomic mass is 32.2. The topological polar surface area (TPSA) is 121 Å². The quantitative estimate of drug-likeness (QED) is 0.784. The van der Waals surface area contributed by atoms with Crippen LogP contribution in [-0.2, 0) is 20.0 Å². The van der Waals surface area contributed by atoms with Crippen molar-refractivity contribution in [3.63, 3.8) is 0 Å². The van der Waals surface area contributed by atoms with E-state index in [2.05, 4.69) is 4.72 Å². The van der Waals surface area contributed by atoms with Crippen LogP contribution in [0, 0.1) is 0 Å². The molecule has 0 fully saturated rings. The Labute approximate surface area is 145 Å². The molecule has 2 rings (SSSR count). The van der Waals surface area contributed by atoms with Gasteiger partial charge in [0.25, 0.3) is 0 Å². The summed E-state index contributed by atoms with van der Waals surface area (Å²) in [6, 6.07) is 11.1. The molecule has 0 aliphatic rings. The first-order valence-corrected chi connectivity index (χ1v) is 10.6. The summed E-state index contributed by atoms with van der Waals surface area (Å²) in [5.74, 6) is -1.12. The van der Waals surface area contributed by atoms with Crippen molar-refractivity contribution >= 4 is 43.1 Å². The van der Waals surface area contributed by atoms with Gasteiger partial charge in [-0.25, -0.2) is 25.9 Å². The number of sulfonamides is 2. The van der Waals surface area contributed by atoms with E-state index < -0.39 is 26.0 Å². The largest absolute Gasteiger partial charge is 0.478 e. The van der Waals surface area contributed by atoms with Crippen LogP contribution in [0.3, 0.4) is 0 Å². The van der Waals surface area contributed by atoms with Gasteiger partial charge in [0, 0.05) is 5.69 Å². The number of carbonyl (C=O) groups is 1. The van der Waals surface area contributed by atoms with Gasteiger partial charge in [0.05, 0.1) is 29.4 Å². The molecule has 0 unspecified atom stereocenters. The highest BCUT2D eigenvalue weighted by Gasteiger charge is 2.20. The smallest absolute Gasteiger partial charge is 0.335 e. The first-order valence-electron chi connectivity index (χ1n) is 6.89. The van der Waals surface area contributed by atoms with Crippen molar-refractivity contribution < 1.29 is 26.7 Å². The second kappa shape index (κ2) is 6.73. The lowest BCUT2D eigenvalue weighted by Gasteiger charge is -2.23. The molecule has 0 heterocycles. The highest BCUT2D eigenvalue weighted by Crippen LogP contribution is 2.29. The lowest BCUT2D eigenvalue weighted by atomic mass is 10.2. The van der Waals surface area contributed by atoms with Crippen molar-refractivity contribution in [2.45, 2.75) is 0 Å². The number of benzene rings is 2. The van der Waals surface area contributed by atoms with E-state index in [4.69, 9.17) is 5.11 Å². The monoisotopic (exact) mass is 384 g/mol. The van der Waals surface area contributed by atoms with Crippen LogP contribution in [0.4, 0.5) is 17.1 Å². The molecule has 8 nitrogen and oxygen atoms in total. The van der Waals surface area contributed by atoms with Gasteiger partial charge in [0.2, 0.25) is 20.0 Å². The van der Waals surface area contributed by atoms with Crippen LogP contribution in [0.15, 0.2) is 48.5 Å². The molecule has 0 amide bonds. The minimum atomic E-state index is -3.70. The number of carboxylic acid groups (broad SMARTS) is 1. The van der Waals surface area contributed by atoms with Crippen LogP contribution in [0.1, 0.15) is 10.4 Å². The molecule has 2 aromatic carbocycles. The Morgan fingerprint density at radius 1 is 0.880 bits per heavy atom. The molecule has 10 heteroatoms. The van der Waals surface area contributed by atoms with Crippen LogP contribution >= 0.6 is 0 Å². The summed E-state index contributed by atoms with van der Waals surface area (Å²) in [6.45, 7) is 0. The van der Waals surface area contributed by atoms with Gasteiger partial charge in [-0.15, -0.1) is 0 Å². The van der Waals surface area contributed by atoms with Crippen molar-refractivity contribution in [3.8, 4) is 0 Å². The lowest BCUT2D eigenvalue weighted by molar-refractivity contribution is 0.0697. The number of nitrogens with zero attached hydrogens (tertiary/aromatic N) is 1. The van der Waals surface area contributed by atoms with Gasteiger partial charge in [-0.2, -0.15) is 0 Å². The Hall–Kier alpha value is -2.59. The predicted molar refractivity (Wildman–Crippen MR) is 95.3 cm³/mol. The molecule has 25 heavy (non-hydrogen) atoms. The van der Waals surface area contributed by atoms with E-state index in [1.165, 1.54) is 48.5 Å². The molecule has 134 valence electrons. The Balaban J connectivity index is 2.43. The maximum atomic E-state index is 12.2. The maximum absolute atomic E-state index is 12.2. The highest BCUT2D eigenvalue weighted by molar-refractivity contribution is 7.92. The fourth-order valence-electron chi connectivity index (χ4n) is 2.15. The molecule has 0 aliphatic heterocycles. The predicted octanol–water partition coefficient (Wildman–Crippen LogP) is 1.85. The van der Waals surface area contributed by atoms with Crippen molar-refractivity contribution in [1.82, 2.24) is 0 Å². The number of carboxylic acids is 1. The average Bonchev–Trinajstić information content (AvgIpc) is 2.47. The van der Waals surface area contributed by atoms with E-state index in [-0.39, 0.29) is 16.9 Å². The van der Waals surface area contributed by atoms with E-state index in [9.17, 15) is 21.6 Å². The Morgan fingerprint density at radius 3 is 1.68 bits per heavy atom. The molecule has 0 saturated heterocycles. The number of rotatable bonds is 6. The molecular formula is C15H16N2O6S2. The molecule has 0 bridgehead atoms. The van der Waals surface area contributed by atoms with Crippen molar-refractivity contribution in [2.24, 2.45) is 0 Å². The SMILES string of the molecule is CS(=O)(=O)Nc1ccc(N(c2ccc(C(=O)O)cc2)S(C)(=O)=O)cc1. The van der Waals surface area contributed by atoms with Crippen molar-refractivity contribution in [2.75, 3.05) is 21.5 Å². The molecule has 0 radical (unpaired) electrons. The van der Waals surface area contributed by atoms with E-state index in [0.717, 1.165) is 16.8 Å². The molecule has 0 atom stereocenters. The van der Waals surface area contributed by atoms with Gasteiger partial charge in [-0.3, -0.25) is 4.72 Å². The molecule has 0 aromatic heterocycles. The average molecular weight is 384 g/mol. The summed E-state index contributed by atoms with van der Waals surface area (Å²) in [5, 5.41) is 8.93. The van der Waals surface area contributed by atoms with Gasteiger partial charge in [-0.05, 0) is 48.5 Å². The standard InChI is InChI=1S/C15H16N2O6S2/c1-24(20,21)16-12-5-9-14(10-6-12)17(25(2,22)23)13-7-3-11(4-8-13)15(18)19/h3-10,16H,1-2H3,(H,18,19). The van der Waals surface area contributed by atoms with Crippen LogP contribution in [-0.4, -0.2) is 40.4 Å². The number of anilines is 3. The van der Waals surface area contributed by atoms with Gasteiger partial charge in [0.15, 0.2) is 0 Å². The molecular weight excluding hydrogens is 368 g/mol. The molecule has 0 spiro atoms. The summed E-state index contributed by atoms with van der Waals surface area (Å²) in [4.78, 5) is 10.9. The van der Waals surface area contributed by atoms with E-state index in [1.807, 2.05) is 0 Å². The first kappa shape index (κ1) is 18.7. The Bertz CT molecular complexity index is 981. The molecule has 0 saturated carbocycles. The van der Waals surface area contributed by atoms with Gasteiger partial charge >= 0.3 is 5.97 Å². The van der Waals surface area contributed by atoms with Gasteiger partial charge in [-0.1, -0.05) is 0 Å². The molecule has 2 aromatic rings. The Kier molecular flexibility index (Phi) is 5.04. The third-order valence-electron chi connectivity index (χ3n) is 3.09. The van der Waals surface area contributed by atoms with Gasteiger partial charge < -0.3 is 5.11 Å². The van der Waals surface area contributed by atoms with Crippen molar-refractivity contribution in [3.05, 3.63) is 54.1 Å². The van der Waals surface area contributed by atoms with E-state index in [1.54, 1.807) is 0 Å². The van der Waals surface area contributed by atoms with Crippen LogP contribution in [0.25, 0.3) is 0 Å². The number of aromatic carboxylic acids is 1. The van der Waals surface area contributed by atoms with E-state index in [0.29, 0.717) is 5.69 Å². The molecule has 2 N–H and O–H groups in total. The van der Waals surface area contributed by atoms with E-state index >= 15 is 0 Å². The Morgan fingerprint density at radius 2 is 1.32 bits per heavy atom. The third-order valence-corrected chi connectivity index (χ3v) is 4.78. The summed E-state index contributed by atoms with van der Waals surface area (Å²) in [7, 11) is -7.15. The summed E-state index contributed by atoms with van der Waals surface area (Å²) in [6.07, 6.45) is 2.02.